The zero-order valence-corrected chi connectivity index (χ0v) is 17.6. The lowest BCUT2D eigenvalue weighted by molar-refractivity contribution is -0.383. The molecule has 0 atom stereocenters. The second kappa shape index (κ2) is 8.85. The highest BCUT2D eigenvalue weighted by atomic mass is 32.2. The number of nitrogens with zero attached hydrogens (tertiary/aromatic N) is 2. The van der Waals surface area contributed by atoms with Crippen LogP contribution in [0.1, 0.15) is 24.8 Å². The van der Waals surface area contributed by atoms with E-state index in [1.807, 2.05) is 6.92 Å². The van der Waals surface area contributed by atoms with Gasteiger partial charge in [-0.05, 0) is 55.7 Å². The Bertz CT molecular complexity index is 1030. The highest BCUT2D eigenvalue weighted by Crippen LogP contribution is 2.29. The number of nitro benzene ring substituents is 1. The largest absolute Gasteiger partial charge is 0.331 e. The summed E-state index contributed by atoms with van der Waals surface area (Å²) in [5.41, 5.74) is 1.24. The van der Waals surface area contributed by atoms with Crippen molar-refractivity contribution in [2.24, 2.45) is 0 Å². The van der Waals surface area contributed by atoms with E-state index in [1.54, 1.807) is 30.3 Å². The fourth-order valence-electron chi connectivity index (χ4n) is 3.21. The topological polar surface area (TPSA) is 105 Å². The van der Waals surface area contributed by atoms with Gasteiger partial charge in [0.25, 0.3) is 5.69 Å². The van der Waals surface area contributed by atoms with Crippen molar-refractivity contribution >= 4 is 44.4 Å². The first-order valence-electron chi connectivity index (χ1n) is 9.21. The van der Waals surface area contributed by atoms with Crippen LogP contribution in [0.4, 0.5) is 17.1 Å². The van der Waals surface area contributed by atoms with Gasteiger partial charge >= 0.3 is 0 Å². The summed E-state index contributed by atoms with van der Waals surface area (Å²) in [5.74, 6) is 0. The minimum atomic E-state index is -3.68. The average molecular weight is 435 g/mol. The number of nitrogens with one attached hydrogen (secondary N) is 2. The Kier molecular flexibility index (Phi) is 6.46. The van der Waals surface area contributed by atoms with Gasteiger partial charge in [-0.15, -0.1) is 0 Å². The molecule has 1 aliphatic heterocycles. The number of sulfonamides is 1. The lowest BCUT2D eigenvalue weighted by atomic mass is 10.2. The minimum absolute atomic E-state index is 0.0678. The highest BCUT2D eigenvalue weighted by molar-refractivity contribution is 7.89. The SMILES string of the molecule is Cc1ccc(NC(=S)Nc2ccccc2[N+](=O)[O-])c(S(=O)(=O)N2CCCCC2)c1. The van der Waals surface area contributed by atoms with Crippen molar-refractivity contribution in [2.45, 2.75) is 31.1 Å². The lowest BCUT2D eigenvalue weighted by Crippen LogP contribution is -2.36. The van der Waals surface area contributed by atoms with Crippen LogP contribution in [0, 0.1) is 17.0 Å². The molecule has 0 unspecified atom stereocenters. The van der Waals surface area contributed by atoms with Gasteiger partial charge < -0.3 is 10.6 Å². The maximum Gasteiger partial charge on any atom is 0.292 e. The Morgan fingerprint density at radius 3 is 2.41 bits per heavy atom. The van der Waals surface area contributed by atoms with Gasteiger partial charge in [0.05, 0.1) is 10.6 Å². The van der Waals surface area contributed by atoms with Crippen LogP contribution in [-0.4, -0.2) is 35.8 Å². The average Bonchev–Trinajstić information content (AvgIpc) is 2.70. The Balaban J connectivity index is 1.86. The van der Waals surface area contributed by atoms with E-state index >= 15 is 0 Å². The Morgan fingerprint density at radius 2 is 1.72 bits per heavy atom. The Hall–Kier alpha value is -2.56. The van der Waals surface area contributed by atoms with E-state index in [1.165, 1.54) is 16.4 Å². The monoisotopic (exact) mass is 434 g/mol. The van der Waals surface area contributed by atoms with E-state index in [-0.39, 0.29) is 21.4 Å². The van der Waals surface area contributed by atoms with Crippen LogP contribution in [0.2, 0.25) is 0 Å². The summed E-state index contributed by atoms with van der Waals surface area (Å²) in [5, 5.41) is 16.9. The van der Waals surface area contributed by atoms with Crippen LogP contribution in [0.5, 0.6) is 0 Å². The van der Waals surface area contributed by atoms with Gasteiger partial charge in [-0.25, -0.2) is 8.42 Å². The maximum atomic E-state index is 13.2. The summed E-state index contributed by atoms with van der Waals surface area (Å²) < 4.78 is 27.8. The predicted molar refractivity (Wildman–Crippen MR) is 117 cm³/mol. The van der Waals surface area contributed by atoms with Crippen LogP contribution in [0.15, 0.2) is 47.4 Å². The van der Waals surface area contributed by atoms with Gasteiger partial charge in [-0.2, -0.15) is 4.31 Å². The molecule has 0 bridgehead atoms. The maximum absolute atomic E-state index is 13.2. The van der Waals surface area contributed by atoms with Crippen molar-refractivity contribution in [3.8, 4) is 0 Å². The summed E-state index contributed by atoms with van der Waals surface area (Å²) in [6, 6.07) is 11.2. The molecule has 8 nitrogen and oxygen atoms in total. The summed E-state index contributed by atoms with van der Waals surface area (Å²) in [6.07, 6.45) is 2.70. The fraction of sp³-hybridized carbons (Fsp3) is 0.316. The van der Waals surface area contributed by atoms with Crippen molar-refractivity contribution in [3.05, 3.63) is 58.1 Å². The first kappa shape index (κ1) is 21.2. The molecule has 2 aromatic carbocycles. The first-order valence-corrected chi connectivity index (χ1v) is 11.1. The van der Waals surface area contributed by atoms with Gasteiger partial charge in [-0.1, -0.05) is 24.6 Å². The first-order chi connectivity index (χ1) is 13.8. The molecule has 154 valence electrons. The number of piperidine rings is 1. The van der Waals surface area contributed by atoms with E-state index < -0.39 is 14.9 Å². The van der Waals surface area contributed by atoms with Crippen LogP contribution >= 0.6 is 12.2 Å². The Morgan fingerprint density at radius 1 is 1.07 bits per heavy atom. The number of thiocarbonyl (C=S) groups is 1. The molecule has 1 aliphatic rings. The van der Waals surface area contributed by atoms with Crippen LogP contribution in [-0.2, 0) is 10.0 Å². The number of anilines is 2. The van der Waals surface area contributed by atoms with Gasteiger partial charge in [0, 0.05) is 19.2 Å². The second-order valence-electron chi connectivity index (χ2n) is 6.82. The minimum Gasteiger partial charge on any atom is -0.331 e. The number of rotatable bonds is 5. The third-order valence-corrected chi connectivity index (χ3v) is 6.81. The molecule has 0 aromatic heterocycles. The number of benzene rings is 2. The van der Waals surface area contributed by atoms with Crippen molar-refractivity contribution in [1.82, 2.24) is 4.31 Å². The van der Waals surface area contributed by atoms with Crippen LogP contribution < -0.4 is 10.6 Å². The zero-order valence-electron chi connectivity index (χ0n) is 15.9. The van der Waals surface area contributed by atoms with Crippen molar-refractivity contribution in [3.63, 3.8) is 0 Å². The van der Waals surface area contributed by atoms with Gasteiger partial charge in [0.2, 0.25) is 10.0 Å². The number of hydrogen-bond acceptors (Lipinski definition) is 5. The number of nitro groups is 1. The molecule has 2 N–H and O–H groups in total. The summed E-state index contributed by atoms with van der Waals surface area (Å²) in [6.45, 7) is 2.81. The molecule has 1 fully saturated rings. The molecule has 2 aromatic rings. The van der Waals surface area contributed by atoms with Crippen molar-refractivity contribution < 1.29 is 13.3 Å². The quantitative estimate of drug-likeness (QED) is 0.418. The normalized spacial score (nSPS) is 14.9. The van der Waals surface area contributed by atoms with Gasteiger partial charge in [0.15, 0.2) is 5.11 Å². The molecule has 0 aliphatic carbocycles. The van der Waals surface area contributed by atoms with E-state index in [0.29, 0.717) is 18.8 Å². The smallest absolute Gasteiger partial charge is 0.292 e. The van der Waals surface area contributed by atoms with E-state index in [9.17, 15) is 18.5 Å². The van der Waals surface area contributed by atoms with E-state index in [0.717, 1.165) is 24.8 Å². The van der Waals surface area contributed by atoms with E-state index in [2.05, 4.69) is 10.6 Å². The van der Waals surface area contributed by atoms with E-state index in [4.69, 9.17) is 12.2 Å². The number of aryl methyl sites for hydroxylation is 1. The molecule has 3 rings (SSSR count). The molecule has 29 heavy (non-hydrogen) atoms. The number of para-hydroxylation sites is 2. The zero-order chi connectivity index (χ0) is 21.0. The molecule has 1 heterocycles. The highest BCUT2D eigenvalue weighted by Gasteiger charge is 2.28. The standard InChI is InChI=1S/C19H22N4O4S2/c1-14-9-10-16(18(13-14)29(26,27)22-11-5-2-6-12-22)21-19(28)20-15-7-3-4-8-17(15)23(24)25/h3-4,7-10,13H,2,5-6,11-12H2,1H3,(H2,20,21,28). The molecule has 10 heteroatoms. The molecule has 0 amide bonds. The predicted octanol–water partition coefficient (Wildman–Crippen LogP) is 3.89. The summed E-state index contributed by atoms with van der Waals surface area (Å²) >= 11 is 5.28. The molecular weight excluding hydrogens is 412 g/mol. The molecule has 0 radical (unpaired) electrons. The van der Waals surface area contributed by atoms with Crippen molar-refractivity contribution in [1.29, 1.82) is 0 Å². The summed E-state index contributed by atoms with van der Waals surface area (Å²) in [4.78, 5) is 10.8. The summed E-state index contributed by atoms with van der Waals surface area (Å²) in [7, 11) is -3.68. The fourth-order valence-corrected chi connectivity index (χ4v) is 5.17. The Labute approximate surface area is 175 Å². The van der Waals surface area contributed by atoms with Crippen LogP contribution in [0.3, 0.4) is 0 Å². The number of hydrogen-bond donors (Lipinski definition) is 2. The van der Waals surface area contributed by atoms with Crippen LogP contribution in [0.25, 0.3) is 0 Å². The van der Waals surface area contributed by atoms with Gasteiger partial charge in [-0.3, -0.25) is 10.1 Å². The van der Waals surface area contributed by atoms with Crippen molar-refractivity contribution in [2.75, 3.05) is 23.7 Å². The third kappa shape index (κ3) is 4.89. The molecular formula is C19H22N4O4S2. The molecule has 0 spiro atoms. The lowest BCUT2D eigenvalue weighted by Gasteiger charge is -2.27. The van der Waals surface area contributed by atoms with Gasteiger partial charge in [0.1, 0.15) is 10.6 Å². The second-order valence-corrected chi connectivity index (χ2v) is 9.13. The third-order valence-electron chi connectivity index (χ3n) is 4.67. The molecule has 1 saturated heterocycles. The molecule has 0 saturated carbocycles.